The zero-order valence-corrected chi connectivity index (χ0v) is 18.8. The maximum absolute atomic E-state index is 11.0. The van der Waals surface area contributed by atoms with Crippen LogP contribution in [0, 0.1) is 16.2 Å². The van der Waals surface area contributed by atoms with Crippen LogP contribution in [-0.4, -0.2) is 23.7 Å². The van der Waals surface area contributed by atoms with Crippen LogP contribution in [0.15, 0.2) is 42.5 Å². The highest BCUT2D eigenvalue weighted by atomic mass is 16.5. The zero-order valence-electron chi connectivity index (χ0n) is 18.8. The largest absolute Gasteiger partial charge is 0.478 e. The Hall–Kier alpha value is -2.10. The molecule has 0 amide bonds. The Morgan fingerprint density at radius 1 is 0.929 bits per heavy atom. The first-order chi connectivity index (χ1) is 12.6. The van der Waals surface area contributed by atoms with E-state index < -0.39 is 11.9 Å². The maximum Gasteiger partial charge on any atom is 0.331 e. The summed E-state index contributed by atoms with van der Waals surface area (Å²) >= 11 is 0. The molecule has 0 aromatic heterocycles. The van der Waals surface area contributed by atoms with Crippen molar-refractivity contribution in [3.63, 3.8) is 0 Å². The van der Waals surface area contributed by atoms with E-state index in [0.29, 0.717) is 22.7 Å². The number of benzene rings is 1. The van der Waals surface area contributed by atoms with Gasteiger partial charge in [-0.2, -0.15) is 0 Å². The molecule has 0 unspecified atom stereocenters. The van der Waals surface area contributed by atoms with Crippen molar-refractivity contribution in [2.24, 2.45) is 16.2 Å². The van der Waals surface area contributed by atoms with Gasteiger partial charge in [-0.3, -0.25) is 0 Å². The standard InChI is InChI=1S/C12H12O4.C12H26/c13-11(14)6-7-12(15)16-9-8-10-4-2-1-3-5-10;1-10(2,3)9-12(7,8)11(4,5)6/h1-7H,8-9H2,(H,13,14);9H2,1-8H3/b7-6+;. The third-order valence-corrected chi connectivity index (χ3v) is 4.84. The van der Waals surface area contributed by atoms with Gasteiger partial charge in [-0.1, -0.05) is 85.7 Å². The van der Waals surface area contributed by atoms with Gasteiger partial charge in [0.05, 0.1) is 6.61 Å². The minimum absolute atomic E-state index is 0.243. The summed E-state index contributed by atoms with van der Waals surface area (Å²) in [6, 6.07) is 9.58. The molecule has 4 nitrogen and oxygen atoms in total. The van der Waals surface area contributed by atoms with E-state index in [1.807, 2.05) is 30.3 Å². The van der Waals surface area contributed by atoms with Gasteiger partial charge in [-0.15, -0.1) is 0 Å². The lowest BCUT2D eigenvalue weighted by Gasteiger charge is -2.43. The van der Waals surface area contributed by atoms with Crippen molar-refractivity contribution in [2.75, 3.05) is 6.61 Å². The number of carbonyl (C=O) groups is 2. The molecule has 0 saturated heterocycles. The first kappa shape index (κ1) is 25.9. The van der Waals surface area contributed by atoms with Crippen LogP contribution in [-0.2, 0) is 20.7 Å². The fraction of sp³-hybridized carbons (Fsp3) is 0.583. The normalized spacial score (nSPS) is 12.3. The molecule has 1 rings (SSSR count). The van der Waals surface area contributed by atoms with Crippen molar-refractivity contribution >= 4 is 11.9 Å². The van der Waals surface area contributed by atoms with Gasteiger partial charge in [-0.05, 0) is 28.2 Å². The van der Waals surface area contributed by atoms with Gasteiger partial charge in [-0.25, -0.2) is 9.59 Å². The smallest absolute Gasteiger partial charge is 0.331 e. The van der Waals surface area contributed by atoms with Crippen molar-refractivity contribution in [2.45, 2.75) is 68.2 Å². The van der Waals surface area contributed by atoms with Crippen molar-refractivity contribution in [1.82, 2.24) is 0 Å². The average molecular weight is 391 g/mol. The van der Waals surface area contributed by atoms with Gasteiger partial charge in [0.15, 0.2) is 0 Å². The molecule has 158 valence electrons. The van der Waals surface area contributed by atoms with Gasteiger partial charge >= 0.3 is 11.9 Å². The van der Waals surface area contributed by atoms with Crippen molar-refractivity contribution in [3.05, 3.63) is 48.0 Å². The number of carboxylic acid groups (broad SMARTS) is 1. The minimum atomic E-state index is -1.17. The fourth-order valence-electron chi connectivity index (χ4n) is 2.69. The molecule has 1 aromatic rings. The second-order valence-corrected chi connectivity index (χ2v) is 9.95. The summed E-state index contributed by atoms with van der Waals surface area (Å²) in [5.74, 6) is -1.81. The molecule has 0 saturated carbocycles. The summed E-state index contributed by atoms with van der Waals surface area (Å²) in [7, 11) is 0. The van der Waals surface area contributed by atoms with Crippen LogP contribution in [0.4, 0.5) is 0 Å². The van der Waals surface area contributed by atoms with Crippen molar-refractivity contribution in [3.8, 4) is 0 Å². The molecule has 0 aliphatic heterocycles. The third kappa shape index (κ3) is 12.3. The van der Waals surface area contributed by atoms with E-state index in [1.54, 1.807) is 0 Å². The predicted molar refractivity (Wildman–Crippen MR) is 115 cm³/mol. The highest BCUT2D eigenvalue weighted by molar-refractivity contribution is 5.90. The molecule has 0 aliphatic carbocycles. The topological polar surface area (TPSA) is 63.6 Å². The summed E-state index contributed by atoms with van der Waals surface area (Å²) in [6.07, 6.45) is 3.55. The van der Waals surface area contributed by atoms with Crippen LogP contribution in [0.5, 0.6) is 0 Å². The molecule has 0 aliphatic rings. The van der Waals surface area contributed by atoms with Gasteiger partial charge in [0, 0.05) is 18.6 Å². The third-order valence-electron chi connectivity index (χ3n) is 4.84. The summed E-state index contributed by atoms with van der Waals surface area (Å²) in [5.41, 5.74) is 2.33. The highest BCUT2D eigenvalue weighted by Crippen LogP contribution is 2.45. The molecule has 0 radical (unpaired) electrons. The van der Waals surface area contributed by atoms with Crippen LogP contribution in [0.2, 0.25) is 0 Å². The summed E-state index contributed by atoms with van der Waals surface area (Å²) in [6.45, 7) is 18.9. The van der Waals surface area contributed by atoms with Crippen LogP contribution >= 0.6 is 0 Å². The number of carboxylic acids is 1. The number of hydrogen-bond acceptors (Lipinski definition) is 3. The van der Waals surface area contributed by atoms with Crippen LogP contribution < -0.4 is 0 Å². The number of carbonyl (C=O) groups excluding carboxylic acids is 1. The van der Waals surface area contributed by atoms with Gasteiger partial charge in [0.1, 0.15) is 0 Å². The fourth-order valence-corrected chi connectivity index (χ4v) is 2.69. The summed E-state index contributed by atoms with van der Waals surface area (Å²) in [4.78, 5) is 21.1. The number of rotatable bonds is 6. The van der Waals surface area contributed by atoms with Crippen molar-refractivity contribution in [1.29, 1.82) is 0 Å². The maximum atomic E-state index is 11.0. The van der Waals surface area contributed by atoms with Gasteiger partial charge in [0.25, 0.3) is 0 Å². The second kappa shape index (κ2) is 11.0. The van der Waals surface area contributed by atoms with Crippen LogP contribution in [0.25, 0.3) is 0 Å². The summed E-state index contributed by atoms with van der Waals surface area (Å²) < 4.78 is 4.81. The van der Waals surface area contributed by atoms with E-state index in [9.17, 15) is 9.59 Å². The lowest BCUT2D eigenvalue weighted by Crippen LogP contribution is -2.33. The second-order valence-electron chi connectivity index (χ2n) is 9.95. The first-order valence-electron chi connectivity index (χ1n) is 9.76. The lowest BCUT2D eigenvalue weighted by atomic mass is 9.63. The Balaban J connectivity index is 0.000000546. The molecule has 1 aromatic carbocycles. The Morgan fingerprint density at radius 3 is 1.86 bits per heavy atom. The van der Waals surface area contributed by atoms with E-state index in [0.717, 1.165) is 17.7 Å². The van der Waals surface area contributed by atoms with Gasteiger partial charge < -0.3 is 9.84 Å². The Kier molecular flexibility index (Phi) is 10.2. The van der Waals surface area contributed by atoms with Crippen LogP contribution in [0.3, 0.4) is 0 Å². The van der Waals surface area contributed by atoms with Crippen LogP contribution in [0.1, 0.15) is 67.4 Å². The quantitative estimate of drug-likeness (QED) is 0.484. The summed E-state index contributed by atoms with van der Waals surface area (Å²) in [5, 5.41) is 8.27. The number of esters is 1. The molecule has 4 heteroatoms. The molecule has 0 bridgehead atoms. The molecule has 0 fully saturated rings. The van der Waals surface area contributed by atoms with E-state index in [-0.39, 0.29) is 6.61 Å². The SMILES string of the molecule is CC(C)(C)CC(C)(C)C(C)(C)C.O=C(O)/C=C/C(=O)OCCc1ccccc1. The lowest BCUT2D eigenvalue weighted by molar-refractivity contribution is -0.138. The predicted octanol–water partition coefficient (Wildman–Crippen LogP) is 5.91. The minimum Gasteiger partial charge on any atom is -0.478 e. The zero-order chi connectivity index (χ0) is 22.0. The van der Waals surface area contributed by atoms with Gasteiger partial charge in [0.2, 0.25) is 0 Å². The Bertz CT molecular complexity index is 629. The number of hydrogen-bond donors (Lipinski definition) is 1. The van der Waals surface area contributed by atoms with Crippen molar-refractivity contribution < 1.29 is 19.4 Å². The molecular weight excluding hydrogens is 352 g/mol. The molecule has 0 heterocycles. The first-order valence-corrected chi connectivity index (χ1v) is 9.76. The average Bonchev–Trinajstić information content (AvgIpc) is 2.51. The monoisotopic (exact) mass is 390 g/mol. The Morgan fingerprint density at radius 2 is 1.46 bits per heavy atom. The molecule has 1 N–H and O–H groups in total. The molecule has 28 heavy (non-hydrogen) atoms. The van der Waals surface area contributed by atoms with E-state index in [1.165, 1.54) is 6.42 Å². The van der Waals surface area contributed by atoms with E-state index in [4.69, 9.17) is 9.84 Å². The Labute approximate surface area is 171 Å². The highest BCUT2D eigenvalue weighted by Gasteiger charge is 2.35. The molecular formula is C24H38O4. The molecule has 0 atom stereocenters. The molecule has 0 spiro atoms. The van der Waals surface area contributed by atoms with E-state index in [2.05, 4.69) is 55.4 Å². The number of ether oxygens (including phenoxy) is 1. The van der Waals surface area contributed by atoms with E-state index >= 15 is 0 Å². The number of aliphatic carboxylic acids is 1.